The zero-order chi connectivity index (χ0) is 12.8. The summed E-state index contributed by atoms with van der Waals surface area (Å²) < 4.78 is 0. The van der Waals surface area contributed by atoms with Crippen molar-refractivity contribution in [3.8, 4) is 0 Å². The molecule has 1 aromatic carbocycles. The minimum Gasteiger partial charge on any atom is -0.384 e. The molecule has 90 valence electrons. The lowest BCUT2D eigenvalue weighted by atomic mass is 10.0. The van der Waals surface area contributed by atoms with Crippen molar-refractivity contribution in [1.29, 1.82) is 0 Å². The Balaban J connectivity index is 2.78. The molecule has 0 aliphatic carbocycles. The second-order valence-electron chi connectivity index (χ2n) is 4.06. The Bertz CT molecular complexity index is 450. The summed E-state index contributed by atoms with van der Waals surface area (Å²) in [7, 11) is 0. The lowest BCUT2D eigenvalue weighted by Crippen LogP contribution is -1.98. The van der Waals surface area contributed by atoms with E-state index in [2.05, 4.69) is 12.3 Å². The Morgan fingerprint density at radius 2 is 2.00 bits per heavy atom. The average Bonchev–Trinajstić information content (AvgIpc) is 2.35. The van der Waals surface area contributed by atoms with Gasteiger partial charge in [-0.15, -0.1) is 5.73 Å². The summed E-state index contributed by atoms with van der Waals surface area (Å²) in [5.74, 6) is 0. The molecule has 0 aromatic heterocycles. The fourth-order valence-electron chi connectivity index (χ4n) is 1.41. The van der Waals surface area contributed by atoms with E-state index in [1.165, 1.54) is 0 Å². The summed E-state index contributed by atoms with van der Waals surface area (Å²) in [6, 6.07) is 7.23. The maximum atomic E-state index is 10.1. The largest absolute Gasteiger partial charge is 0.384 e. The highest BCUT2D eigenvalue weighted by atomic mass is 35.5. The number of benzene rings is 1. The third kappa shape index (κ3) is 4.24. The van der Waals surface area contributed by atoms with Crippen molar-refractivity contribution < 1.29 is 5.11 Å². The summed E-state index contributed by atoms with van der Waals surface area (Å²) >= 11 is 5.80. The Hall–Kier alpha value is -1.27. The minimum absolute atomic E-state index is 0.579. The molecule has 0 fully saturated rings. The van der Waals surface area contributed by atoms with Gasteiger partial charge in [-0.3, -0.25) is 0 Å². The van der Waals surface area contributed by atoms with Crippen LogP contribution in [0, 0.1) is 0 Å². The van der Waals surface area contributed by atoms with Crippen LogP contribution in [0.2, 0.25) is 5.02 Å². The molecule has 0 aliphatic heterocycles. The fourth-order valence-corrected chi connectivity index (χ4v) is 1.53. The number of halogens is 1. The minimum atomic E-state index is -0.579. The third-order valence-corrected chi connectivity index (χ3v) is 2.90. The van der Waals surface area contributed by atoms with E-state index in [9.17, 15) is 5.11 Å². The predicted octanol–water partition coefficient (Wildman–Crippen LogP) is 4.44. The van der Waals surface area contributed by atoms with Crippen LogP contribution >= 0.6 is 11.6 Å². The van der Waals surface area contributed by atoms with Crippen molar-refractivity contribution in [2.24, 2.45) is 0 Å². The number of aliphatic hydroxyl groups excluding tert-OH is 1. The monoisotopic (exact) mass is 248 g/mol. The van der Waals surface area contributed by atoms with E-state index in [1.54, 1.807) is 12.1 Å². The van der Waals surface area contributed by atoms with Crippen molar-refractivity contribution in [3.63, 3.8) is 0 Å². The van der Waals surface area contributed by atoms with Gasteiger partial charge < -0.3 is 5.11 Å². The number of rotatable bonds is 4. The van der Waals surface area contributed by atoms with Crippen molar-refractivity contribution in [2.45, 2.75) is 26.4 Å². The summed E-state index contributed by atoms with van der Waals surface area (Å²) in [5.41, 5.74) is 5.66. The Kier molecular flexibility index (Phi) is 5.24. The first-order chi connectivity index (χ1) is 8.04. The van der Waals surface area contributed by atoms with Crippen LogP contribution in [0.15, 0.2) is 53.8 Å². The quantitative estimate of drug-likeness (QED) is 0.617. The maximum absolute atomic E-state index is 10.1. The molecule has 0 radical (unpaired) electrons. The molecule has 0 saturated heterocycles. The van der Waals surface area contributed by atoms with E-state index in [4.69, 9.17) is 11.6 Å². The van der Waals surface area contributed by atoms with Gasteiger partial charge in [-0.05, 0) is 49.1 Å². The third-order valence-electron chi connectivity index (χ3n) is 2.65. The number of allylic oxidation sites excluding steroid dienone is 2. The van der Waals surface area contributed by atoms with Crippen molar-refractivity contribution in [3.05, 3.63) is 64.4 Å². The maximum Gasteiger partial charge on any atom is 0.0998 e. The van der Waals surface area contributed by atoms with Crippen LogP contribution in [0.3, 0.4) is 0 Å². The highest BCUT2D eigenvalue weighted by Gasteiger charge is 2.08. The molecule has 0 saturated carbocycles. The van der Waals surface area contributed by atoms with Crippen LogP contribution in [-0.2, 0) is 0 Å². The molecule has 1 unspecified atom stereocenters. The Labute approximate surface area is 108 Å². The molecule has 1 N–H and O–H groups in total. The summed E-state index contributed by atoms with van der Waals surface area (Å²) in [6.45, 7) is 7.46. The van der Waals surface area contributed by atoms with Crippen LogP contribution in [0.4, 0.5) is 0 Å². The highest BCUT2D eigenvalue weighted by Crippen LogP contribution is 2.23. The SMILES string of the molecule is C=C=C(C)C/C=C(\C)C(O)c1ccc(Cl)cc1. The zero-order valence-corrected chi connectivity index (χ0v) is 11.0. The van der Waals surface area contributed by atoms with Gasteiger partial charge in [0.1, 0.15) is 0 Å². The Morgan fingerprint density at radius 1 is 1.41 bits per heavy atom. The topological polar surface area (TPSA) is 20.2 Å². The van der Waals surface area contributed by atoms with E-state index in [0.717, 1.165) is 23.1 Å². The molecule has 1 aromatic rings. The average molecular weight is 249 g/mol. The van der Waals surface area contributed by atoms with Crippen molar-refractivity contribution in [2.75, 3.05) is 0 Å². The lowest BCUT2D eigenvalue weighted by Gasteiger charge is -2.12. The first kappa shape index (κ1) is 13.8. The van der Waals surface area contributed by atoms with E-state index in [0.29, 0.717) is 5.02 Å². The van der Waals surface area contributed by atoms with Crippen LogP contribution in [0.1, 0.15) is 31.9 Å². The van der Waals surface area contributed by atoms with Crippen LogP contribution in [0.5, 0.6) is 0 Å². The van der Waals surface area contributed by atoms with Crippen LogP contribution < -0.4 is 0 Å². The molecular formula is C15H17ClO. The number of aliphatic hydroxyl groups is 1. The van der Waals surface area contributed by atoms with Gasteiger partial charge in [-0.25, -0.2) is 0 Å². The van der Waals surface area contributed by atoms with Gasteiger partial charge in [0.2, 0.25) is 0 Å². The summed E-state index contributed by atoms with van der Waals surface area (Å²) in [6.07, 6.45) is 2.18. The molecule has 0 bridgehead atoms. The van der Waals surface area contributed by atoms with Gasteiger partial charge in [0.05, 0.1) is 6.10 Å². The first-order valence-electron chi connectivity index (χ1n) is 5.50. The summed E-state index contributed by atoms with van der Waals surface area (Å²) in [5, 5.41) is 10.8. The molecule has 0 spiro atoms. The van der Waals surface area contributed by atoms with Crippen molar-refractivity contribution in [1.82, 2.24) is 0 Å². The molecule has 2 heteroatoms. The molecule has 1 atom stereocenters. The number of hydrogen-bond donors (Lipinski definition) is 1. The second-order valence-corrected chi connectivity index (χ2v) is 4.50. The van der Waals surface area contributed by atoms with E-state index in [-0.39, 0.29) is 0 Å². The van der Waals surface area contributed by atoms with Crippen molar-refractivity contribution >= 4 is 11.6 Å². The molecule has 0 heterocycles. The second kappa shape index (κ2) is 6.46. The molecule has 0 aliphatic rings. The zero-order valence-electron chi connectivity index (χ0n) is 10.2. The molecule has 1 nitrogen and oxygen atoms in total. The number of hydrogen-bond acceptors (Lipinski definition) is 1. The van der Waals surface area contributed by atoms with Gasteiger partial charge in [0.15, 0.2) is 0 Å². The predicted molar refractivity (Wildman–Crippen MR) is 73.1 cm³/mol. The van der Waals surface area contributed by atoms with E-state index >= 15 is 0 Å². The van der Waals surface area contributed by atoms with E-state index < -0.39 is 6.10 Å². The van der Waals surface area contributed by atoms with Crippen LogP contribution in [0.25, 0.3) is 0 Å². The molecule has 17 heavy (non-hydrogen) atoms. The van der Waals surface area contributed by atoms with Gasteiger partial charge in [0.25, 0.3) is 0 Å². The molecular weight excluding hydrogens is 232 g/mol. The van der Waals surface area contributed by atoms with Gasteiger partial charge in [-0.1, -0.05) is 36.4 Å². The first-order valence-corrected chi connectivity index (χ1v) is 5.88. The van der Waals surface area contributed by atoms with Gasteiger partial charge >= 0.3 is 0 Å². The normalized spacial score (nSPS) is 13.1. The summed E-state index contributed by atoms with van der Waals surface area (Å²) in [4.78, 5) is 0. The smallest absolute Gasteiger partial charge is 0.0998 e. The standard InChI is InChI=1S/C15H17ClO/c1-4-11(2)5-6-12(3)15(17)13-7-9-14(16)10-8-13/h6-10,15,17H,1,5H2,2-3H3/b12-6+. The molecule has 0 amide bonds. The lowest BCUT2D eigenvalue weighted by molar-refractivity contribution is 0.215. The molecule has 1 rings (SSSR count). The van der Waals surface area contributed by atoms with E-state index in [1.807, 2.05) is 32.1 Å². The Morgan fingerprint density at radius 3 is 2.53 bits per heavy atom. The fraction of sp³-hybridized carbons (Fsp3) is 0.267. The van der Waals surface area contributed by atoms with Crippen LogP contribution in [-0.4, -0.2) is 5.11 Å². The van der Waals surface area contributed by atoms with Gasteiger partial charge in [0, 0.05) is 5.02 Å². The van der Waals surface area contributed by atoms with Gasteiger partial charge in [-0.2, -0.15) is 0 Å². The highest BCUT2D eigenvalue weighted by molar-refractivity contribution is 6.30.